The van der Waals surface area contributed by atoms with Crippen molar-refractivity contribution in [2.45, 2.75) is 6.92 Å². The molecule has 0 heterocycles. The van der Waals surface area contributed by atoms with Gasteiger partial charge in [0.25, 0.3) is 0 Å². The van der Waals surface area contributed by atoms with Gasteiger partial charge in [0.1, 0.15) is 11.1 Å². The number of esters is 1. The molecule has 0 aliphatic heterocycles. The topological polar surface area (TPSA) is 63.6 Å². The number of aromatic carboxylic acids is 1. The van der Waals surface area contributed by atoms with Crippen molar-refractivity contribution in [3.8, 4) is 11.8 Å². The molecule has 0 unspecified atom stereocenters. The van der Waals surface area contributed by atoms with Gasteiger partial charge in [-0.05, 0) is 12.8 Å². The van der Waals surface area contributed by atoms with Crippen molar-refractivity contribution >= 4 is 11.9 Å². The first kappa shape index (κ1) is 15.5. The molecule has 0 radical (unpaired) electrons. The summed E-state index contributed by atoms with van der Waals surface area (Å²) in [7, 11) is 0. The molecule has 1 rings (SSSR count). The lowest BCUT2D eigenvalue weighted by Crippen LogP contribution is -2.12. The molecular formula is C12H6F4O4. The highest BCUT2D eigenvalue weighted by Crippen LogP contribution is 2.23. The lowest BCUT2D eigenvalue weighted by molar-refractivity contribution is -0.136. The van der Waals surface area contributed by atoms with E-state index in [1.54, 1.807) is 11.8 Å². The third kappa shape index (κ3) is 2.88. The summed E-state index contributed by atoms with van der Waals surface area (Å²) in [5, 5.41) is 8.45. The Morgan fingerprint density at radius 3 is 2.00 bits per heavy atom. The first-order valence-corrected chi connectivity index (χ1v) is 5.09. The molecule has 0 bridgehead atoms. The Morgan fingerprint density at radius 2 is 1.60 bits per heavy atom. The van der Waals surface area contributed by atoms with Gasteiger partial charge in [-0.1, -0.05) is 0 Å². The number of carboxylic acid groups (broad SMARTS) is 1. The lowest BCUT2D eigenvalue weighted by Gasteiger charge is -2.05. The fourth-order valence-corrected chi connectivity index (χ4v) is 1.21. The van der Waals surface area contributed by atoms with Gasteiger partial charge >= 0.3 is 11.9 Å². The number of halogens is 4. The number of hydrogen-bond donors (Lipinski definition) is 1. The maximum Gasteiger partial charge on any atom is 0.384 e. The third-order valence-electron chi connectivity index (χ3n) is 2.04. The van der Waals surface area contributed by atoms with Crippen LogP contribution in [0.25, 0.3) is 0 Å². The van der Waals surface area contributed by atoms with Crippen LogP contribution < -0.4 is 0 Å². The Morgan fingerprint density at radius 1 is 1.10 bits per heavy atom. The molecule has 0 saturated heterocycles. The fourth-order valence-electron chi connectivity index (χ4n) is 1.21. The Kier molecular flexibility index (Phi) is 4.69. The zero-order chi connectivity index (χ0) is 15.4. The largest absolute Gasteiger partial charge is 0.477 e. The average Bonchev–Trinajstić information content (AvgIpc) is 2.36. The Labute approximate surface area is 110 Å². The molecule has 0 atom stereocenters. The highest BCUT2D eigenvalue weighted by Gasteiger charge is 2.28. The summed E-state index contributed by atoms with van der Waals surface area (Å²) in [5.74, 6) is -8.37. The molecule has 0 aliphatic rings. The van der Waals surface area contributed by atoms with E-state index in [-0.39, 0.29) is 6.61 Å². The van der Waals surface area contributed by atoms with Crippen molar-refractivity contribution < 1.29 is 37.0 Å². The first-order chi connectivity index (χ1) is 9.31. The summed E-state index contributed by atoms with van der Waals surface area (Å²) in [6, 6.07) is 0. The third-order valence-corrected chi connectivity index (χ3v) is 2.04. The molecule has 0 aromatic heterocycles. The van der Waals surface area contributed by atoms with Crippen LogP contribution in [0.5, 0.6) is 0 Å². The smallest absolute Gasteiger partial charge is 0.384 e. The summed E-state index contributed by atoms with van der Waals surface area (Å²) < 4.78 is 57.7. The number of ether oxygens (including phenoxy) is 1. The summed E-state index contributed by atoms with van der Waals surface area (Å²) in [4.78, 5) is 21.3. The van der Waals surface area contributed by atoms with E-state index in [1.807, 2.05) is 0 Å². The Balaban J connectivity index is 3.44. The number of rotatable bonds is 2. The molecule has 8 heteroatoms. The van der Waals surface area contributed by atoms with Crippen LogP contribution in [-0.4, -0.2) is 23.7 Å². The highest BCUT2D eigenvalue weighted by atomic mass is 19.2. The van der Waals surface area contributed by atoms with E-state index in [2.05, 4.69) is 4.74 Å². The second-order valence-electron chi connectivity index (χ2n) is 3.28. The standard InChI is InChI=1S/C12H6F4O4/c1-2-20-6(17)4-3-5-8(13)10(15)7(12(18)19)11(16)9(5)14/h2H2,1H3,(H,18,19). The van der Waals surface area contributed by atoms with Gasteiger partial charge in [-0.15, -0.1) is 0 Å². The second-order valence-corrected chi connectivity index (χ2v) is 3.28. The normalized spacial score (nSPS) is 9.65. The molecule has 0 saturated carbocycles. The van der Waals surface area contributed by atoms with Gasteiger partial charge in [0, 0.05) is 5.92 Å². The molecule has 4 nitrogen and oxygen atoms in total. The second kappa shape index (κ2) is 6.06. The molecule has 0 amide bonds. The van der Waals surface area contributed by atoms with Crippen molar-refractivity contribution in [2.24, 2.45) is 0 Å². The van der Waals surface area contributed by atoms with Gasteiger partial charge in [0.2, 0.25) is 0 Å². The van der Waals surface area contributed by atoms with Crippen LogP contribution in [-0.2, 0) is 9.53 Å². The molecule has 1 N–H and O–H groups in total. The van der Waals surface area contributed by atoms with Crippen molar-refractivity contribution in [3.05, 3.63) is 34.4 Å². The minimum Gasteiger partial charge on any atom is -0.477 e. The Bertz CT molecular complexity index is 614. The van der Waals surface area contributed by atoms with E-state index < -0.39 is 46.3 Å². The predicted molar refractivity (Wildman–Crippen MR) is 56.7 cm³/mol. The SMILES string of the molecule is CCOC(=O)C#Cc1c(F)c(F)c(C(=O)O)c(F)c1F. The van der Waals surface area contributed by atoms with E-state index in [1.165, 1.54) is 6.92 Å². The number of carboxylic acids is 1. The lowest BCUT2D eigenvalue weighted by atomic mass is 10.1. The van der Waals surface area contributed by atoms with Crippen LogP contribution >= 0.6 is 0 Å². The number of hydrogen-bond acceptors (Lipinski definition) is 3. The average molecular weight is 290 g/mol. The number of carbonyl (C=O) groups is 2. The van der Waals surface area contributed by atoms with Crippen molar-refractivity contribution in [3.63, 3.8) is 0 Å². The molecular weight excluding hydrogens is 284 g/mol. The molecule has 0 fully saturated rings. The van der Waals surface area contributed by atoms with Crippen molar-refractivity contribution in [1.29, 1.82) is 0 Å². The van der Waals surface area contributed by atoms with Gasteiger partial charge in [0.05, 0.1) is 6.61 Å². The van der Waals surface area contributed by atoms with Gasteiger partial charge < -0.3 is 9.84 Å². The fraction of sp³-hybridized carbons (Fsp3) is 0.167. The maximum absolute atomic E-state index is 13.4. The van der Waals surface area contributed by atoms with Crippen LogP contribution in [0.2, 0.25) is 0 Å². The van der Waals surface area contributed by atoms with Gasteiger partial charge in [-0.3, -0.25) is 0 Å². The zero-order valence-electron chi connectivity index (χ0n) is 9.89. The molecule has 20 heavy (non-hydrogen) atoms. The minimum absolute atomic E-state index is 0.0564. The van der Waals surface area contributed by atoms with E-state index >= 15 is 0 Å². The van der Waals surface area contributed by atoms with Gasteiger partial charge in [-0.25, -0.2) is 27.2 Å². The number of carbonyl (C=O) groups excluding carboxylic acids is 1. The van der Waals surface area contributed by atoms with Crippen molar-refractivity contribution in [1.82, 2.24) is 0 Å². The summed E-state index contributed by atoms with van der Waals surface area (Å²) in [6.45, 7) is 1.39. The van der Waals surface area contributed by atoms with E-state index in [0.29, 0.717) is 0 Å². The van der Waals surface area contributed by atoms with Gasteiger partial charge in [-0.2, -0.15) is 0 Å². The Hall–Kier alpha value is -2.56. The van der Waals surface area contributed by atoms with E-state index in [9.17, 15) is 27.2 Å². The van der Waals surface area contributed by atoms with Crippen LogP contribution in [0.4, 0.5) is 17.6 Å². The molecule has 1 aromatic rings. The van der Waals surface area contributed by atoms with Crippen LogP contribution in [0.3, 0.4) is 0 Å². The van der Waals surface area contributed by atoms with Crippen molar-refractivity contribution in [2.75, 3.05) is 6.61 Å². The van der Waals surface area contributed by atoms with Crippen LogP contribution in [0, 0.1) is 35.1 Å². The van der Waals surface area contributed by atoms with Gasteiger partial charge in [0.15, 0.2) is 23.3 Å². The minimum atomic E-state index is -2.18. The zero-order valence-corrected chi connectivity index (χ0v) is 9.89. The molecule has 0 spiro atoms. The summed E-state index contributed by atoms with van der Waals surface area (Å²) in [6.07, 6.45) is 0. The molecule has 1 aromatic carbocycles. The summed E-state index contributed by atoms with van der Waals surface area (Å²) in [5.41, 5.74) is -3.17. The monoisotopic (exact) mass is 290 g/mol. The predicted octanol–water partition coefficient (Wildman–Crippen LogP) is 1.86. The first-order valence-electron chi connectivity index (χ1n) is 5.09. The van der Waals surface area contributed by atoms with E-state index in [4.69, 9.17) is 5.11 Å². The molecule has 106 valence electrons. The van der Waals surface area contributed by atoms with Crippen LogP contribution in [0.15, 0.2) is 0 Å². The quantitative estimate of drug-likeness (QED) is 0.391. The highest BCUT2D eigenvalue weighted by molar-refractivity contribution is 5.90. The summed E-state index contributed by atoms with van der Waals surface area (Å²) >= 11 is 0. The number of benzene rings is 1. The maximum atomic E-state index is 13.4. The van der Waals surface area contributed by atoms with E-state index in [0.717, 1.165) is 0 Å². The molecule has 0 aliphatic carbocycles. The van der Waals surface area contributed by atoms with Crippen LogP contribution in [0.1, 0.15) is 22.8 Å².